The van der Waals surface area contributed by atoms with Gasteiger partial charge in [0.25, 0.3) is 0 Å². The van der Waals surface area contributed by atoms with E-state index in [0.717, 1.165) is 36.4 Å². The van der Waals surface area contributed by atoms with Crippen LogP contribution in [0.4, 0.5) is 0 Å². The van der Waals surface area contributed by atoms with Crippen molar-refractivity contribution in [3.8, 4) is 5.75 Å². The number of piperidine rings is 1. The summed E-state index contributed by atoms with van der Waals surface area (Å²) >= 11 is 1.43. The fourth-order valence-electron chi connectivity index (χ4n) is 4.38. The first kappa shape index (κ1) is 23.6. The average molecular weight is 469 g/mol. The number of hydrogen-bond donors (Lipinski definition) is 3. The number of nitrogens with one attached hydrogen (secondary N) is 3. The van der Waals surface area contributed by atoms with Gasteiger partial charge >= 0.3 is 0 Å². The number of carbonyl (C=O) groups is 2. The standard InChI is InChI=1S/C25H32N4O3S/c1-17-7-9-18(10-8-17)13-26-23(30)16-33-25-27-21-11-12-29(15-20(21)24(31)28-25)14-19-5-3-4-6-22(19)32-2/h3-10,20-21,25,27H,11-16H2,1-2H3,(H,26,30)(H,28,31). The van der Waals surface area contributed by atoms with Crippen molar-refractivity contribution in [3.63, 3.8) is 0 Å². The van der Waals surface area contributed by atoms with E-state index in [1.807, 2.05) is 49.4 Å². The molecule has 4 rings (SSSR count). The van der Waals surface area contributed by atoms with Gasteiger partial charge in [0.15, 0.2) is 0 Å². The monoisotopic (exact) mass is 468 g/mol. The third kappa shape index (κ3) is 6.28. The van der Waals surface area contributed by atoms with E-state index in [4.69, 9.17) is 4.74 Å². The van der Waals surface area contributed by atoms with Crippen molar-refractivity contribution in [1.82, 2.24) is 20.9 Å². The number of ether oxygens (including phenoxy) is 1. The number of methoxy groups -OCH3 is 1. The smallest absolute Gasteiger partial charge is 0.230 e. The van der Waals surface area contributed by atoms with E-state index in [9.17, 15) is 9.59 Å². The first-order valence-electron chi connectivity index (χ1n) is 11.4. The van der Waals surface area contributed by atoms with E-state index in [2.05, 4.69) is 26.9 Å². The number of para-hydroxylation sites is 1. The summed E-state index contributed by atoms with van der Waals surface area (Å²) in [6.45, 7) is 4.93. The summed E-state index contributed by atoms with van der Waals surface area (Å²) in [6, 6.07) is 16.3. The molecule has 0 saturated carbocycles. The average Bonchev–Trinajstić information content (AvgIpc) is 2.83. The molecule has 8 heteroatoms. The Balaban J connectivity index is 1.23. The maximum absolute atomic E-state index is 12.8. The quantitative estimate of drug-likeness (QED) is 0.551. The number of nitrogens with zero attached hydrogens (tertiary/aromatic N) is 1. The van der Waals surface area contributed by atoms with Crippen LogP contribution in [0.5, 0.6) is 5.75 Å². The van der Waals surface area contributed by atoms with Crippen LogP contribution >= 0.6 is 11.8 Å². The summed E-state index contributed by atoms with van der Waals surface area (Å²) in [7, 11) is 1.68. The van der Waals surface area contributed by atoms with Crippen molar-refractivity contribution in [2.75, 3.05) is 26.0 Å². The Kier molecular flexibility index (Phi) is 7.90. The van der Waals surface area contributed by atoms with E-state index >= 15 is 0 Å². The molecular formula is C25H32N4O3S. The highest BCUT2D eigenvalue weighted by Gasteiger charge is 2.40. The van der Waals surface area contributed by atoms with Crippen molar-refractivity contribution in [2.45, 2.75) is 38.0 Å². The molecule has 33 heavy (non-hydrogen) atoms. The minimum atomic E-state index is -0.246. The molecule has 2 amide bonds. The summed E-state index contributed by atoms with van der Waals surface area (Å²) in [4.78, 5) is 27.4. The molecule has 7 nitrogen and oxygen atoms in total. The van der Waals surface area contributed by atoms with Gasteiger partial charge in [-0.25, -0.2) is 0 Å². The van der Waals surface area contributed by atoms with Crippen LogP contribution in [0.3, 0.4) is 0 Å². The molecule has 3 N–H and O–H groups in total. The second kappa shape index (κ2) is 11.0. The van der Waals surface area contributed by atoms with Gasteiger partial charge in [-0.3, -0.25) is 19.8 Å². The number of amides is 2. The summed E-state index contributed by atoms with van der Waals surface area (Å²) in [6.07, 6.45) is 0.893. The first-order chi connectivity index (χ1) is 16.0. The van der Waals surface area contributed by atoms with Crippen LogP contribution in [-0.2, 0) is 22.7 Å². The second-order valence-corrected chi connectivity index (χ2v) is 9.77. The summed E-state index contributed by atoms with van der Waals surface area (Å²) in [5.74, 6) is 1.09. The molecule has 0 spiro atoms. The van der Waals surface area contributed by atoms with E-state index in [0.29, 0.717) is 18.8 Å². The van der Waals surface area contributed by atoms with E-state index in [1.54, 1.807) is 7.11 Å². The molecule has 0 radical (unpaired) electrons. The van der Waals surface area contributed by atoms with Crippen LogP contribution in [0.1, 0.15) is 23.1 Å². The zero-order valence-electron chi connectivity index (χ0n) is 19.2. The molecule has 2 aliphatic heterocycles. The zero-order valence-corrected chi connectivity index (χ0v) is 20.0. The van der Waals surface area contributed by atoms with Crippen molar-refractivity contribution in [2.24, 2.45) is 5.92 Å². The lowest BCUT2D eigenvalue weighted by atomic mass is 9.89. The highest BCUT2D eigenvalue weighted by molar-refractivity contribution is 8.00. The maximum atomic E-state index is 12.8. The molecule has 2 heterocycles. The number of fused-ring (bicyclic) bond motifs is 1. The zero-order chi connectivity index (χ0) is 23.2. The number of hydrogen-bond acceptors (Lipinski definition) is 6. The third-order valence-corrected chi connectivity index (χ3v) is 7.27. The van der Waals surface area contributed by atoms with Gasteiger partial charge in [-0.2, -0.15) is 0 Å². The fourth-order valence-corrected chi connectivity index (χ4v) is 5.27. The van der Waals surface area contributed by atoms with Crippen LogP contribution in [0.25, 0.3) is 0 Å². The van der Waals surface area contributed by atoms with E-state index < -0.39 is 0 Å². The van der Waals surface area contributed by atoms with Gasteiger partial charge in [0.1, 0.15) is 11.2 Å². The van der Waals surface area contributed by atoms with Crippen molar-refractivity contribution in [1.29, 1.82) is 0 Å². The number of likely N-dealkylation sites (tertiary alicyclic amines) is 1. The van der Waals surface area contributed by atoms with Gasteiger partial charge in [0.05, 0.1) is 18.8 Å². The van der Waals surface area contributed by atoms with Crippen molar-refractivity contribution >= 4 is 23.6 Å². The Hall–Kier alpha value is -2.55. The van der Waals surface area contributed by atoms with Gasteiger partial charge in [0.2, 0.25) is 11.8 Å². The second-order valence-electron chi connectivity index (χ2n) is 8.68. The molecule has 2 aliphatic rings. The minimum Gasteiger partial charge on any atom is -0.496 e. The molecule has 2 fully saturated rings. The van der Waals surface area contributed by atoms with Crippen LogP contribution in [0, 0.1) is 12.8 Å². The predicted molar refractivity (Wildman–Crippen MR) is 131 cm³/mol. The van der Waals surface area contributed by atoms with E-state index in [1.165, 1.54) is 17.3 Å². The molecule has 0 aromatic heterocycles. The van der Waals surface area contributed by atoms with Crippen molar-refractivity contribution < 1.29 is 14.3 Å². The first-order valence-corrected chi connectivity index (χ1v) is 12.4. The normalized spacial score (nSPS) is 22.8. The number of aryl methyl sites for hydroxylation is 1. The topological polar surface area (TPSA) is 82.7 Å². The number of thioether (sulfide) groups is 1. The molecule has 2 saturated heterocycles. The number of rotatable bonds is 8. The van der Waals surface area contributed by atoms with Crippen LogP contribution in [0.2, 0.25) is 0 Å². The van der Waals surface area contributed by atoms with Gasteiger partial charge < -0.3 is 15.4 Å². The Morgan fingerprint density at radius 2 is 2.00 bits per heavy atom. The lowest BCUT2D eigenvalue weighted by Crippen LogP contribution is -2.64. The summed E-state index contributed by atoms with van der Waals surface area (Å²) in [5, 5.41) is 9.51. The number of carbonyl (C=O) groups excluding carboxylic acids is 2. The molecule has 2 aromatic carbocycles. The molecule has 3 atom stereocenters. The van der Waals surface area contributed by atoms with Gasteiger partial charge in [-0.1, -0.05) is 48.0 Å². The molecule has 2 aromatic rings. The largest absolute Gasteiger partial charge is 0.496 e. The minimum absolute atomic E-state index is 0.0367. The Labute approximate surface area is 199 Å². The van der Waals surface area contributed by atoms with Gasteiger partial charge in [-0.15, -0.1) is 11.8 Å². The molecule has 176 valence electrons. The maximum Gasteiger partial charge on any atom is 0.230 e. The fraction of sp³-hybridized carbons (Fsp3) is 0.440. The lowest BCUT2D eigenvalue weighted by Gasteiger charge is -2.43. The highest BCUT2D eigenvalue weighted by Crippen LogP contribution is 2.27. The third-order valence-electron chi connectivity index (χ3n) is 6.25. The predicted octanol–water partition coefficient (Wildman–Crippen LogP) is 2.25. The van der Waals surface area contributed by atoms with Crippen LogP contribution < -0.4 is 20.7 Å². The highest BCUT2D eigenvalue weighted by atomic mass is 32.2. The SMILES string of the molecule is COc1ccccc1CN1CCC2NC(SCC(=O)NCc3ccc(C)cc3)NC(=O)C2C1. The lowest BCUT2D eigenvalue weighted by molar-refractivity contribution is -0.130. The van der Waals surface area contributed by atoms with Crippen molar-refractivity contribution in [3.05, 3.63) is 65.2 Å². The Bertz CT molecular complexity index is 968. The number of benzene rings is 2. The Morgan fingerprint density at radius 1 is 1.21 bits per heavy atom. The van der Waals surface area contributed by atoms with E-state index in [-0.39, 0.29) is 29.3 Å². The van der Waals surface area contributed by atoms with Gasteiger partial charge in [0, 0.05) is 37.8 Å². The molecule has 0 aliphatic carbocycles. The van der Waals surface area contributed by atoms with Crippen LogP contribution in [-0.4, -0.2) is 54.2 Å². The summed E-state index contributed by atoms with van der Waals surface area (Å²) < 4.78 is 5.47. The summed E-state index contributed by atoms with van der Waals surface area (Å²) in [5.41, 5.74) is 3.16. The molecular weight excluding hydrogens is 436 g/mol. The molecule has 0 bridgehead atoms. The Morgan fingerprint density at radius 3 is 2.79 bits per heavy atom. The van der Waals surface area contributed by atoms with Gasteiger partial charge in [-0.05, 0) is 25.0 Å². The van der Waals surface area contributed by atoms with Crippen LogP contribution in [0.15, 0.2) is 48.5 Å². The molecule has 3 unspecified atom stereocenters.